The van der Waals surface area contributed by atoms with Crippen LogP contribution in [-0.4, -0.2) is 37.0 Å². The lowest BCUT2D eigenvalue weighted by atomic mass is 10.0. The zero-order valence-corrected chi connectivity index (χ0v) is 13.0. The zero-order valence-electron chi connectivity index (χ0n) is 13.0. The van der Waals surface area contributed by atoms with Gasteiger partial charge in [0, 0.05) is 12.1 Å². The minimum absolute atomic E-state index is 0.0621. The monoisotopic (exact) mass is 274 g/mol. The fourth-order valence-corrected chi connectivity index (χ4v) is 2.81. The highest BCUT2D eigenvalue weighted by molar-refractivity contribution is 5.95. The smallest absolute Gasteiger partial charge is 0.251 e. The van der Waals surface area contributed by atoms with Gasteiger partial charge in [0.15, 0.2) is 0 Å². The molecule has 3 heteroatoms. The molecule has 3 nitrogen and oxygen atoms in total. The molecule has 0 bridgehead atoms. The number of nitrogens with one attached hydrogen (secondary N) is 1. The maximum absolute atomic E-state index is 12.2. The maximum Gasteiger partial charge on any atom is 0.251 e. The van der Waals surface area contributed by atoms with Gasteiger partial charge in [-0.1, -0.05) is 6.07 Å². The van der Waals surface area contributed by atoms with Crippen molar-refractivity contribution in [2.75, 3.05) is 26.2 Å². The molecule has 0 radical (unpaired) electrons. The van der Waals surface area contributed by atoms with Gasteiger partial charge in [-0.2, -0.15) is 0 Å². The predicted octanol–water partition coefficient (Wildman–Crippen LogP) is 2.83. The molecule has 1 N–H and O–H groups in total. The van der Waals surface area contributed by atoms with E-state index in [0.717, 1.165) is 30.6 Å². The maximum atomic E-state index is 12.2. The molecule has 0 aromatic heterocycles. The Kier molecular flexibility index (Phi) is 5.18. The lowest BCUT2D eigenvalue weighted by Gasteiger charge is -2.15. The van der Waals surface area contributed by atoms with E-state index in [4.69, 9.17) is 0 Å². The van der Waals surface area contributed by atoms with Crippen LogP contribution in [-0.2, 0) is 0 Å². The second-order valence-corrected chi connectivity index (χ2v) is 5.91. The van der Waals surface area contributed by atoms with Gasteiger partial charge in [0.25, 0.3) is 5.91 Å². The van der Waals surface area contributed by atoms with Gasteiger partial charge in [0.2, 0.25) is 0 Å². The Balaban J connectivity index is 1.81. The van der Waals surface area contributed by atoms with Crippen LogP contribution in [0.15, 0.2) is 12.1 Å². The van der Waals surface area contributed by atoms with E-state index in [9.17, 15) is 4.79 Å². The van der Waals surface area contributed by atoms with Gasteiger partial charge in [0.1, 0.15) is 0 Å². The van der Waals surface area contributed by atoms with Crippen LogP contribution in [0.25, 0.3) is 0 Å². The number of benzene rings is 1. The summed E-state index contributed by atoms with van der Waals surface area (Å²) in [4.78, 5) is 14.7. The standard InChI is InChI=1S/C17H26N2O/c1-13-11-15(3)16(12-14(13)2)17(20)18-7-6-10-19-8-4-5-9-19/h11-12H,4-10H2,1-3H3,(H,18,20). The minimum Gasteiger partial charge on any atom is -0.352 e. The number of likely N-dealkylation sites (tertiary alicyclic amines) is 1. The van der Waals surface area contributed by atoms with Crippen LogP contribution < -0.4 is 5.32 Å². The van der Waals surface area contributed by atoms with Gasteiger partial charge in [-0.15, -0.1) is 0 Å². The van der Waals surface area contributed by atoms with Crippen molar-refractivity contribution >= 4 is 5.91 Å². The summed E-state index contributed by atoms with van der Waals surface area (Å²) in [6.07, 6.45) is 3.69. The molecule has 1 aliphatic rings. The molecule has 0 unspecified atom stereocenters. The normalized spacial score (nSPS) is 15.6. The third kappa shape index (κ3) is 3.83. The van der Waals surface area contributed by atoms with Crippen LogP contribution in [0.3, 0.4) is 0 Å². The van der Waals surface area contributed by atoms with Crippen LogP contribution >= 0.6 is 0 Å². The van der Waals surface area contributed by atoms with Crippen molar-refractivity contribution in [1.82, 2.24) is 10.2 Å². The number of hydrogen-bond acceptors (Lipinski definition) is 2. The van der Waals surface area contributed by atoms with E-state index in [1.54, 1.807) is 0 Å². The summed E-state index contributed by atoms with van der Waals surface area (Å²) in [5, 5.41) is 3.04. The summed E-state index contributed by atoms with van der Waals surface area (Å²) in [6.45, 7) is 10.5. The van der Waals surface area contributed by atoms with Gasteiger partial charge in [-0.3, -0.25) is 4.79 Å². The molecule has 2 rings (SSSR count). The van der Waals surface area contributed by atoms with Crippen LogP contribution in [0.4, 0.5) is 0 Å². The number of nitrogens with zero attached hydrogens (tertiary/aromatic N) is 1. The molecule has 1 fully saturated rings. The van der Waals surface area contributed by atoms with Gasteiger partial charge >= 0.3 is 0 Å². The number of aryl methyl sites for hydroxylation is 3. The fourth-order valence-electron chi connectivity index (χ4n) is 2.81. The molecule has 0 spiro atoms. The summed E-state index contributed by atoms with van der Waals surface area (Å²) in [5.74, 6) is 0.0621. The first-order valence-electron chi connectivity index (χ1n) is 7.66. The molecule has 1 heterocycles. The molecule has 1 saturated heterocycles. The lowest BCUT2D eigenvalue weighted by Crippen LogP contribution is -2.29. The average Bonchev–Trinajstić information content (AvgIpc) is 2.92. The summed E-state index contributed by atoms with van der Waals surface area (Å²) in [5.41, 5.74) is 4.30. The number of carbonyl (C=O) groups excluding carboxylic acids is 1. The van der Waals surface area contributed by atoms with Gasteiger partial charge < -0.3 is 10.2 Å². The molecule has 20 heavy (non-hydrogen) atoms. The van der Waals surface area contributed by atoms with Crippen molar-refractivity contribution in [1.29, 1.82) is 0 Å². The summed E-state index contributed by atoms with van der Waals surface area (Å²) in [7, 11) is 0. The zero-order chi connectivity index (χ0) is 14.5. The van der Waals surface area contributed by atoms with E-state index < -0.39 is 0 Å². The van der Waals surface area contributed by atoms with Gasteiger partial charge in [-0.25, -0.2) is 0 Å². The molecule has 0 atom stereocenters. The molecular formula is C17H26N2O. The third-order valence-corrected chi connectivity index (χ3v) is 4.22. The van der Waals surface area contributed by atoms with Crippen LogP contribution in [0, 0.1) is 20.8 Å². The molecule has 0 saturated carbocycles. The molecular weight excluding hydrogens is 248 g/mol. The Morgan fingerprint density at radius 2 is 1.75 bits per heavy atom. The molecule has 110 valence electrons. The van der Waals surface area contributed by atoms with Crippen molar-refractivity contribution < 1.29 is 4.79 Å². The van der Waals surface area contributed by atoms with Crippen LogP contribution in [0.1, 0.15) is 46.3 Å². The lowest BCUT2D eigenvalue weighted by molar-refractivity contribution is 0.0951. The van der Waals surface area contributed by atoms with Crippen molar-refractivity contribution in [2.45, 2.75) is 40.0 Å². The highest BCUT2D eigenvalue weighted by atomic mass is 16.1. The van der Waals surface area contributed by atoms with Crippen LogP contribution in [0.2, 0.25) is 0 Å². The number of rotatable bonds is 5. The predicted molar refractivity (Wildman–Crippen MR) is 83.3 cm³/mol. The van der Waals surface area contributed by atoms with Crippen molar-refractivity contribution in [3.8, 4) is 0 Å². The van der Waals surface area contributed by atoms with Crippen molar-refractivity contribution in [3.05, 3.63) is 34.4 Å². The fraction of sp³-hybridized carbons (Fsp3) is 0.588. The highest BCUT2D eigenvalue weighted by Crippen LogP contribution is 2.15. The molecule has 0 aliphatic carbocycles. The first-order chi connectivity index (χ1) is 9.58. The molecule has 1 aromatic carbocycles. The van der Waals surface area contributed by atoms with Gasteiger partial charge in [-0.05, 0) is 82.4 Å². The summed E-state index contributed by atoms with van der Waals surface area (Å²) in [6, 6.07) is 4.09. The first kappa shape index (κ1) is 15.0. The van der Waals surface area contributed by atoms with E-state index in [2.05, 4.69) is 30.1 Å². The van der Waals surface area contributed by atoms with E-state index >= 15 is 0 Å². The number of carbonyl (C=O) groups is 1. The first-order valence-corrected chi connectivity index (χ1v) is 7.66. The Bertz CT molecular complexity index is 476. The van der Waals surface area contributed by atoms with Crippen LogP contribution in [0.5, 0.6) is 0 Å². The van der Waals surface area contributed by atoms with E-state index in [1.165, 1.54) is 37.1 Å². The Morgan fingerprint density at radius 3 is 2.45 bits per heavy atom. The number of amides is 1. The molecule has 1 amide bonds. The minimum atomic E-state index is 0.0621. The average molecular weight is 274 g/mol. The second kappa shape index (κ2) is 6.89. The Morgan fingerprint density at radius 1 is 1.10 bits per heavy atom. The third-order valence-electron chi connectivity index (χ3n) is 4.22. The van der Waals surface area contributed by atoms with E-state index in [-0.39, 0.29) is 5.91 Å². The Hall–Kier alpha value is -1.35. The number of hydrogen-bond donors (Lipinski definition) is 1. The van der Waals surface area contributed by atoms with Crippen molar-refractivity contribution in [2.24, 2.45) is 0 Å². The van der Waals surface area contributed by atoms with E-state index in [0.29, 0.717) is 0 Å². The SMILES string of the molecule is Cc1cc(C)c(C(=O)NCCCN2CCCC2)cc1C. The topological polar surface area (TPSA) is 32.3 Å². The molecule has 1 aromatic rings. The van der Waals surface area contributed by atoms with Crippen molar-refractivity contribution in [3.63, 3.8) is 0 Å². The quantitative estimate of drug-likeness (QED) is 0.837. The molecule has 1 aliphatic heterocycles. The summed E-state index contributed by atoms with van der Waals surface area (Å²) < 4.78 is 0. The Labute approximate surface area is 122 Å². The van der Waals surface area contributed by atoms with E-state index in [1.807, 2.05) is 13.0 Å². The largest absolute Gasteiger partial charge is 0.352 e. The second-order valence-electron chi connectivity index (χ2n) is 5.91. The van der Waals surface area contributed by atoms with Gasteiger partial charge in [0.05, 0.1) is 0 Å². The highest BCUT2D eigenvalue weighted by Gasteiger charge is 2.12. The summed E-state index contributed by atoms with van der Waals surface area (Å²) >= 11 is 0.